The topological polar surface area (TPSA) is 89.3 Å². The minimum absolute atomic E-state index is 0.126. The third-order valence-corrected chi connectivity index (χ3v) is 6.98. The first-order valence-electron chi connectivity index (χ1n) is 11.2. The fourth-order valence-corrected chi connectivity index (χ4v) is 4.99. The number of nitrogens with one attached hydrogen (secondary N) is 1. The van der Waals surface area contributed by atoms with Crippen LogP contribution in [0.4, 0.5) is 5.69 Å². The maximum absolute atomic E-state index is 13.3. The van der Waals surface area contributed by atoms with Crippen molar-refractivity contribution in [3.8, 4) is 5.75 Å². The molecule has 4 rings (SSSR count). The molecule has 35 heavy (non-hydrogen) atoms. The van der Waals surface area contributed by atoms with E-state index in [-0.39, 0.29) is 23.6 Å². The summed E-state index contributed by atoms with van der Waals surface area (Å²) in [5.74, 6) is 1.27. The maximum atomic E-state index is 13.3. The second-order valence-electron chi connectivity index (χ2n) is 7.94. The zero-order chi connectivity index (χ0) is 24.8. The average Bonchev–Trinajstić information content (AvgIpc) is 3.50. The van der Waals surface area contributed by atoms with Gasteiger partial charge in [-0.25, -0.2) is 0 Å². The lowest BCUT2D eigenvalue weighted by Crippen LogP contribution is -2.32. The Balaban J connectivity index is 1.47. The van der Waals surface area contributed by atoms with Gasteiger partial charge in [0.1, 0.15) is 5.75 Å². The normalized spacial score (nSPS) is 15.1. The quantitative estimate of drug-likeness (QED) is 0.327. The van der Waals surface area contributed by atoms with Crippen LogP contribution >= 0.6 is 23.4 Å². The van der Waals surface area contributed by atoms with Gasteiger partial charge in [-0.15, -0.1) is 16.8 Å². The summed E-state index contributed by atoms with van der Waals surface area (Å²) in [6.45, 7) is 4.93. The Hall–Kier alpha value is -3.30. The number of carbonyl (C=O) groups is 2. The van der Waals surface area contributed by atoms with Crippen molar-refractivity contribution in [1.82, 2.24) is 19.7 Å². The summed E-state index contributed by atoms with van der Waals surface area (Å²) in [7, 11) is 1.59. The molecule has 1 aliphatic rings. The smallest absolute Gasteiger partial charge is 0.255 e. The van der Waals surface area contributed by atoms with Crippen molar-refractivity contribution >= 4 is 40.9 Å². The number of hydrogen-bond donors (Lipinski definition) is 1. The molecule has 2 amide bonds. The molecule has 1 aliphatic heterocycles. The molecule has 3 aromatic rings. The summed E-state index contributed by atoms with van der Waals surface area (Å²) in [4.78, 5) is 27.6. The van der Waals surface area contributed by atoms with Crippen molar-refractivity contribution in [2.45, 2.75) is 30.6 Å². The number of nitrogens with zero attached hydrogens (tertiary/aromatic N) is 4. The zero-order valence-electron chi connectivity index (χ0n) is 19.3. The third-order valence-electron chi connectivity index (χ3n) is 5.68. The van der Waals surface area contributed by atoms with Crippen LogP contribution < -0.4 is 10.1 Å². The van der Waals surface area contributed by atoms with E-state index < -0.39 is 0 Å². The summed E-state index contributed by atoms with van der Waals surface area (Å²) < 4.78 is 7.06. The fraction of sp³-hybridized carbons (Fsp3) is 0.280. The molecule has 1 fully saturated rings. The van der Waals surface area contributed by atoms with Crippen molar-refractivity contribution in [2.75, 3.05) is 24.7 Å². The summed E-state index contributed by atoms with van der Waals surface area (Å²) in [5.41, 5.74) is 1.16. The molecule has 10 heteroatoms. The molecule has 2 aromatic carbocycles. The van der Waals surface area contributed by atoms with E-state index >= 15 is 0 Å². The Morgan fingerprint density at radius 3 is 2.71 bits per heavy atom. The fourth-order valence-electron chi connectivity index (χ4n) is 4.02. The Kier molecular flexibility index (Phi) is 8.09. The van der Waals surface area contributed by atoms with E-state index in [1.165, 1.54) is 11.8 Å². The van der Waals surface area contributed by atoms with E-state index in [4.69, 9.17) is 16.3 Å². The number of benzene rings is 2. The molecule has 0 bridgehead atoms. The highest BCUT2D eigenvalue weighted by atomic mass is 35.5. The molecule has 0 saturated carbocycles. The largest absolute Gasteiger partial charge is 0.497 e. The Labute approximate surface area is 213 Å². The minimum atomic E-state index is -0.228. The van der Waals surface area contributed by atoms with Crippen molar-refractivity contribution in [2.24, 2.45) is 0 Å². The second-order valence-corrected chi connectivity index (χ2v) is 9.29. The van der Waals surface area contributed by atoms with E-state index in [9.17, 15) is 9.59 Å². The molecule has 1 unspecified atom stereocenters. The number of hydrogen-bond acceptors (Lipinski definition) is 6. The van der Waals surface area contributed by atoms with Gasteiger partial charge in [0, 0.05) is 18.8 Å². The highest BCUT2D eigenvalue weighted by Crippen LogP contribution is 2.35. The summed E-state index contributed by atoms with van der Waals surface area (Å²) in [6.07, 6.45) is 3.38. The number of likely N-dealkylation sites (tertiary alicyclic amines) is 1. The lowest BCUT2D eigenvalue weighted by Gasteiger charge is -2.25. The SMILES string of the molecule is C=CCn1c(SCC(=O)Nc2ccc(OC)cc2)nnc1C1CCCN1C(=O)c1ccccc1Cl. The van der Waals surface area contributed by atoms with Crippen LogP contribution in [0.2, 0.25) is 5.02 Å². The number of allylic oxidation sites excluding steroid dienone is 1. The van der Waals surface area contributed by atoms with Crippen LogP contribution in [-0.2, 0) is 11.3 Å². The second kappa shape index (κ2) is 11.4. The van der Waals surface area contributed by atoms with Crippen molar-refractivity contribution in [1.29, 1.82) is 0 Å². The number of carbonyl (C=O) groups excluding carboxylic acids is 2. The number of methoxy groups -OCH3 is 1. The molecule has 1 N–H and O–H groups in total. The van der Waals surface area contributed by atoms with Crippen LogP contribution in [0.5, 0.6) is 5.75 Å². The van der Waals surface area contributed by atoms with E-state index in [0.29, 0.717) is 40.3 Å². The molecule has 0 spiro atoms. The number of ether oxygens (including phenoxy) is 1. The highest BCUT2D eigenvalue weighted by Gasteiger charge is 2.35. The van der Waals surface area contributed by atoms with E-state index in [2.05, 4.69) is 22.1 Å². The zero-order valence-corrected chi connectivity index (χ0v) is 20.9. The van der Waals surface area contributed by atoms with Crippen molar-refractivity contribution in [3.63, 3.8) is 0 Å². The van der Waals surface area contributed by atoms with Crippen LogP contribution in [0.15, 0.2) is 66.3 Å². The Bertz CT molecular complexity index is 1210. The van der Waals surface area contributed by atoms with Crippen molar-refractivity contribution in [3.05, 3.63) is 77.6 Å². The molecule has 2 heterocycles. The molecule has 1 aromatic heterocycles. The number of amides is 2. The van der Waals surface area contributed by atoms with E-state index in [1.54, 1.807) is 66.6 Å². The first-order valence-corrected chi connectivity index (χ1v) is 12.5. The molecular formula is C25H26ClN5O3S. The average molecular weight is 512 g/mol. The van der Waals surface area contributed by atoms with Crippen LogP contribution in [0.1, 0.15) is 35.1 Å². The van der Waals surface area contributed by atoms with E-state index in [0.717, 1.165) is 18.6 Å². The first kappa shape index (κ1) is 24.8. The summed E-state index contributed by atoms with van der Waals surface area (Å²) >= 11 is 7.57. The first-order chi connectivity index (χ1) is 17.0. The molecule has 1 saturated heterocycles. The molecule has 0 aliphatic carbocycles. The predicted octanol–water partition coefficient (Wildman–Crippen LogP) is 4.83. The van der Waals surface area contributed by atoms with Gasteiger partial charge in [-0.2, -0.15) is 0 Å². The molecule has 182 valence electrons. The van der Waals surface area contributed by atoms with Gasteiger partial charge in [-0.1, -0.05) is 41.6 Å². The molecular weight excluding hydrogens is 486 g/mol. The van der Waals surface area contributed by atoms with Gasteiger partial charge in [0.05, 0.1) is 29.5 Å². The number of anilines is 1. The lowest BCUT2D eigenvalue weighted by molar-refractivity contribution is -0.113. The molecule has 1 atom stereocenters. The van der Waals surface area contributed by atoms with Crippen LogP contribution in [0, 0.1) is 0 Å². The van der Waals surface area contributed by atoms with Gasteiger partial charge in [0.2, 0.25) is 5.91 Å². The van der Waals surface area contributed by atoms with Gasteiger partial charge in [-0.3, -0.25) is 9.59 Å². The monoisotopic (exact) mass is 511 g/mol. The third kappa shape index (κ3) is 5.68. The van der Waals surface area contributed by atoms with Gasteiger partial charge in [0.15, 0.2) is 11.0 Å². The standard InChI is InChI=1S/C25H26ClN5O3S/c1-3-14-31-23(21-9-6-15-30(21)24(33)19-7-4-5-8-20(19)26)28-29-25(31)35-16-22(32)27-17-10-12-18(34-2)13-11-17/h3-5,7-8,10-13,21H,1,6,9,14-16H2,2H3,(H,27,32). The van der Waals surface area contributed by atoms with Gasteiger partial charge in [0.25, 0.3) is 5.91 Å². The molecule has 0 radical (unpaired) electrons. The van der Waals surface area contributed by atoms with Crippen molar-refractivity contribution < 1.29 is 14.3 Å². The van der Waals surface area contributed by atoms with Crippen LogP contribution in [0.25, 0.3) is 0 Å². The Morgan fingerprint density at radius 2 is 2.00 bits per heavy atom. The van der Waals surface area contributed by atoms with Gasteiger partial charge >= 0.3 is 0 Å². The number of halogens is 1. The van der Waals surface area contributed by atoms with Crippen LogP contribution in [0.3, 0.4) is 0 Å². The minimum Gasteiger partial charge on any atom is -0.497 e. The van der Waals surface area contributed by atoms with E-state index in [1.807, 2.05) is 4.57 Å². The van der Waals surface area contributed by atoms with Gasteiger partial charge < -0.3 is 19.5 Å². The molecule has 8 nitrogen and oxygen atoms in total. The number of rotatable bonds is 9. The maximum Gasteiger partial charge on any atom is 0.255 e. The number of aromatic nitrogens is 3. The van der Waals surface area contributed by atoms with Gasteiger partial charge in [-0.05, 0) is 49.2 Å². The predicted molar refractivity (Wildman–Crippen MR) is 137 cm³/mol. The van der Waals surface area contributed by atoms with Crippen LogP contribution in [-0.4, -0.2) is 50.9 Å². The lowest BCUT2D eigenvalue weighted by atomic mass is 10.1. The summed E-state index contributed by atoms with van der Waals surface area (Å²) in [5, 5.41) is 12.6. The Morgan fingerprint density at radius 1 is 1.23 bits per heavy atom. The highest BCUT2D eigenvalue weighted by molar-refractivity contribution is 7.99. The number of thioether (sulfide) groups is 1. The summed E-state index contributed by atoms with van der Waals surface area (Å²) in [6, 6.07) is 14.0.